The molecule has 0 spiro atoms. The van der Waals surface area contributed by atoms with Crippen molar-refractivity contribution in [3.05, 3.63) is 84.5 Å². The lowest BCUT2D eigenvalue weighted by molar-refractivity contribution is 0.521. The molecular formula is C24H28N6. The molecule has 0 aliphatic heterocycles. The maximum atomic E-state index is 4.39. The number of aromatic nitrogens is 6. The van der Waals surface area contributed by atoms with E-state index in [1.165, 1.54) is 16.7 Å². The summed E-state index contributed by atoms with van der Waals surface area (Å²) in [4.78, 5) is 4.15. The number of rotatable bonds is 5. The van der Waals surface area contributed by atoms with Crippen LogP contribution in [0.4, 0.5) is 0 Å². The van der Waals surface area contributed by atoms with E-state index in [-0.39, 0.29) is 10.8 Å². The van der Waals surface area contributed by atoms with Crippen LogP contribution in [-0.2, 0) is 17.3 Å². The fourth-order valence-corrected chi connectivity index (χ4v) is 3.88. The van der Waals surface area contributed by atoms with E-state index in [1.807, 2.05) is 9.25 Å². The Hall–Kier alpha value is -3.28. The number of nitrogens with zero attached hydrogens (tertiary/aromatic N) is 6. The highest BCUT2D eigenvalue weighted by Gasteiger charge is 2.24. The van der Waals surface area contributed by atoms with Gasteiger partial charge in [0.2, 0.25) is 0 Å². The Bertz CT molecular complexity index is 1120. The van der Waals surface area contributed by atoms with Gasteiger partial charge in [-0.2, -0.15) is 5.10 Å². The molecule has 154 valence electrons. The molecule has 6 nitrogen and oxygen atoms in total. The Morgan fingerprint density at radius 3 is 2.30 bits per heavy atom. The summed E-state index contributed by atoms with van der Waals surface area (Å²) in [7, 11) is 0. The molecule has 2 aromatic carbocycles. The first kappa shape index (κ1) is 20.0. The molecule has 4 rings (SSSR count). The summed E-state index contributed by atoms with van der Waals surface area (Å²) in [5.74, 6) is 0. The van der Waals surface area contributed by atoms with Crippen LogP contribution in [0.5, 0.6) is 0 Å². The number of hydrogen-bond acceptors (Lipinski definition) is 4. The molecule has 30 heavy (non-hydrogen) atoms. The molecule has 0 atom stereocenters. The van der Waals surface area contributed by atoms with Gasteiger partial charge in [0.1, 0.15) is 25.3 Å². The van der Waals surface area contributed by atoms with E-state index in [9.17, 15) is 0 Å². The smallest absolute Gasteiger partial charge is 0.138 e. The fourth-order valence-electron chi connectivity index (χ4n) is 3.88. The van der Waals surface area contributed by atoms with E-state index in [4.69, 9.17) is 0 Å². The molecule has 0 fully saturated rings. The van der Waals surface area contributed by atoms with Crippen LogP contribution in [0.1, 0.15) is 51.3 Å². The molecule has 0 saturated heterocycles. The van der Waals surface area contributed by atoms with Crippen LogP contribution >= 0.6 is 0 Å². The molecule has 0 radical (unpaired) electrons. The van der Waals surface area contributed by atoms with Crippen LogP contribution in [0.25, 0.3) is 11.4 Å². The van der Waals surface area contributed by atoms with Crippen molar-refractivity contribution in [2.75, 3.05) is 0 Å². The molecule has 4 aromatic rings. The highest BCUT2D eigenvalue weighted by molar-refractivity contribution is 5.48. The fraction of sp³-hybridized carbons (Fsp3) is 0.333. The average Bonchev–Trinajstić information content (AvgIpc) is 3.41. The van der Waals surface area contributed by atoms with Crippen LogP contribution in [-0.4, -0.2) is 29.5 Å². The molecule has 0 amide bonds. The topological polar surface area (TPSA) is 61.4 Å². The summed E-state index contributed by atoms with van der Waals surface area (Å²) in [6.45, 7) is 11.2. The van der Waals surface area contributed by atoms with Crippen LogP contribution in [0.3, 0.4) is 0 Å². The van der Waals surface area contributed by atoms with Gasteiger partial charge in [-0.25, -0.2) is 9.67 Å². The Morgan fingerprint density at radius 2 is 1.63 bits per heavy atom. The molecule has 0 aliphatic rings. The van der Waals surface area contributed by atoms with Gasteiger partial charge < -0.3 is 0 Å². The van der Waals surface area contributed by atoms with Crippen molar-refractivity contribution in [3.63, 3.8) is 0 Å². The van der Waals surface area contributed by atoms with Crippen LogP contribution in [0.15, 0.2) is 67.8 Å². The van der Waals surface area contributed by atoms with Gasteiger partial charge >= 0.3 is 0 Å². The summed E-state index contributed by atoms with van der Waals surface area (Å²) in [6, 6.07) is 15.3. The van der Waals surface area contributed by atoms with Gasteiger partial charge in [0.15, 0.2) is 0 Å². The second kappa shape index (κ2) is 7.52. The van der Waals surface area contributed by atoms with Gasteiger partial charge in [-0.15, -0.1) is 10.2 Å². The molecule has 2 heterocycles. The van der Waals surface area contributed by atoms with Crippen molar-refractivity contribution < 1.29 is 0 Å². The third-order valence-corrected chi connectivity index (χ3v) is 5.53. The van der Waals surface area contributed by atoms with Crippen molar-refractivity contribution in [1.29, 1.82) is 0 Å². The van der Waals surface area contributed by atoms with Crippen LogP contribution in [0, 0.1) is 0 Å². The van der Waals surface area contributed by atoms with E-state index >= 15 is 0 Å². The predicted molar refractivity (Wildman–Crippen MR) is 118 cm³/mol. The first-order valence-corrected chi connectivity index (χ1v) is 10.2. The zero-order chi connectivity index (χ0) is 21.4. The van der Waals surface area contributed by atoms with Crippen molar-refractivity contribution in [2.45, 2.75) is 51.9 Å². The van der Waals surface area contributed by atoms with E-state index < -0.39 is 0 Å². The largest absolute Gasteiger partial charge is 0.288 e. The Kier molecular flexibility index (Phi) is 5.02. The van der Waals surface area contributed by atoms with E-state index in [1.54, 1.807) is 25.3 Å². The predicted octanol–water partition coefficient (Wildman–Crippen LogP) is 4.67. The molecule has 0 N–H and O–H groups in total. The quantitative estimate of drug-likeness (QED) is 0.489. The zero-order valence-corrected chi connectivity index (χ0v) is 18.2. The molecule has 0 unspecified atom stereocenters. The Balaban J connectivity index is 1.68. The van der Waals surface area contributed by atoms with Crippen molar-refractivity contribution in [1.82, 2.24) is 29.5 Å². The summed E-state index contributed by atoms with van der Waals surface area (Å²) >= 11 is 0. The number of benzene rings is 2. The monoisotopic (exact) mass is 400 g/mol. The minimum absolute atomic E-state index is 0.0164. The summed E-state index contributed by atoms with van der Waals surface area (Å²) in [6.07, 6.45) is 7.70. The molecule has 0 saturated carbocycles. The maximum absolute atomic E-state index is 4.39. The molecule has 6 heteroatoms. The zero-order valence-electron chi connectivity index (χ0n) is 18.2. The molecule has 0 aliphatic carbocycles. The van der Waals surface area contributed by atoms with E-state index in [0.717, 1.165) is 17.8 Å². The van der Waals surface area contributed by atoms with Crippen LogP contribution < -0.4 is 0 Å². The average molecular weight is 401 g/mol. The highest BCUT2D eigenvalue weighted by Crippen LogP contribution is 2.33. The summed E-state index contributed by atoms with van der Waals surface area (Å²) in [5, 5.41) is 12.2. The maximum Gasteiger partial charge on any atom is 0.138 e. The van der Waals surface area contributed by atoms with Crippen molar-refractivity contribution >= 4 is 0 Å². The van der Waals surface area contributed by atoms with Gasteiger partial charge in [-0.1, -0.05) is 58.9 Å². The van der Waals surface area contributed by atoms with Gasteiger partial charge in [-0.3, -0.25) is 4.57 Å². The van der Waals surface area contributed by atoms with Crippen molar-refractivity contribution in [2.24, 2.45) is 0 Å². The van der Waals surface area contributed by atoms with E-state index in [0.29, 0.717) is 0 Å². The third kappa shape index (κ3) is 4.03. The first-order chi connectivity index (χ1) is 14.2. The first-order valence-electron chi connectivity index (χ1n) is 10.2. The van der Waals surface area contributed by atoms with Crippen molar-refractivity contribution in [3.8, 4) is 11.4 Å². The third-order valence-electron chi connectivity index (χ3n) is 5.53. The molecule has 2 aromatic heterocycles. The second-order valence-corrected chi connectivity index (χ2v) is 9.42. The second-order valence-electron chi connectivity index (χ2n) is 9.42. The lowest BCUT2D eigenvalue weighted by Crippen LogP contribution is -2.22. The molecule has 0 bridgehead atoms. The lowest BCUT2D eigenvalue weighted by Gasteiger charge is -2.28. The minimum Gasteiger partial charge on any atom is -0.288 e. The minimum atomic E-state index is -0.0487. The van der Waals surface area contributed by atoms with Gasteiger partial charge in [0.25, 0.3) is 0 Å². The lowest BCUT2D eigenvalue weighted by atomic mass is 9.78. The van der Waals surface area contributed by atoms with E-state index in [2.05, 4.69) is 97.4 Å². The SMILES string of the molecule is CC(C)(C)c1ccc(CC(C)(C)c2cccc(-n3cnnc3)c2)cc1-n1cncn1. The Morgan fingerprint density at radius 1 is 0.867 bits per heavy atom. The van der Waals surface area contributed by atoms with Gasteiger partial charge in [-0.05, 0) is 52.1 Å². The standard InChI is InChI=1S/C24H28N6/c1-23(2,3)21-10-9-18(11-22(21)30-15-25-14-28-30)13-24(4,5)19-7-6-8-20(12-19)29-16-26-27-17-29/h6-12,14-17H,13H2,1-5H3. The van der Waals surface area contributed by atoms with Crippen LogP contribution in [0.2, 0.25) is 0 Å². The number of hydrogen-bond donors (Lipinski definition) is 0. The van der Waals surface area contributed by atoms with Gasteiger partial charge in [0.05, 0.1) is 5.69 Å². The summed E-state index contributed by atoms with van der Waals surface area (Å²) < 4.78 is 3.80. The normalized spacial score (nSPS) is 12.3. The summed E-state index contributed by atoms with van der Waals surface area (Å²) in [5.41, 5.74) is 5.92. The highest BCUT2D eigenvalue weighted by atomic mass is 15.3. The molecular weight excluding hydrogens is 372 g/mol. The van der Waals surface area contributed by atoms with Gasteiger partial charge in [0, 0.05) is 5.69 Å². The Labute approximate surface area is 177 Å².